The van der Waals surface area contributed by atoms with Crippen molar-refractivity contribution in [3.05, 3.63) is 41.2 Å². The van der Waals surface area contributed by atoms with Crippen LogP contribution in [0.3, 0.4) is 0 Å². The van der Waals surface area contributed by atoms with Gasteiger partial charge in [-0.05, 0) is 22.9 Å². The summed E-state index contributed by atoms with van der Waals surface area (Å²) in [5.74, 6) is 1.85. The summed E-state index contributed by atoms with van der Waals surface area (Å²) in [6, 6.07) is 5.94. The lowest BCUT2D eigenvalue weighted by atomic mass is 10.4. The van der Waals surface area contributed by atoms with Crippen molar-refractivity contribution in [1.29, 1.82) is 0 Å². The summed E-state index contributed by atoms with van der Waals surface area (Å²) in [5, 5.41) is 8.97. The minimum atomic E-state index is 0.600. The first-order chi connectivity index (χ1) is 10.4. The zero-order chi connectivity index (χ0) is 14.1. The molecular weight excluding hydrogens is 324 g/mol. The van der Waals surface area contributed by atoms with E-state index in [1.807, 2.05) is 29.0 Å². The molecule has 0 aliphatic heterocycles. The molecule has 0 saturated heterocycles. The minimum absolute atomic E-state index is 0.600. The third-order valence-corrected chi connectivity index (χ3v) is 5.63. The van der Waals surface area contributed by atoms with Crippen LogP contribution in [-0.2, 0) is 5.75 Å². The largest absolute Gasteiger partial charge is 0.338 e. The van der Waals surface area contributed by atoms with Crippen LogP contribution in [0.5, 0.6) is 0 Å². The maximum absolute atomic E-state index is 5.29. The van der Waals surface area contributed by atoms with E-state index in [-0.39, 0.29) is 0 Å². The summed E-state index contributed by atoms with van der Waals surface area (Å²) in [6.45, 7) is 0. The summed E-state index contributed by atoms with van der Waals surface area (Å²) in [5.41, 5.74) is 0.974. The molecule has 0 aromatic carbocycles. The number of hydrogen-bond donors (Lipinski definition) is 0. The van der Waals surface area contributed by atoms with Crippen molar-refractivity contribution in [3.8, 4) is 10.7 Å². The molecule has 0 aliphatic carbocycles. The average molecular weight is 332 g/mol. The number of hydrogen-bond acceptors (Lipinski definition) is 8. The number of fused-ring (bicyclic) bond motifs is 1. The SMILES string of the molecule is c1csc(-c2noc(CSc3ncnc4ccsc34)n2)c1. The first-order valence-electron chi connectivity index (χ1n) is 6.07. The smallest absolute Gasteiger partial charge is 0.237 e. The molecule has 4 rings (SSSR count). The molecule has 0 fully saturated rings. The van der Waals surface area contributed by atoms with Crippen LogP contribution in [0.4, 0.5) is 0 Å². The average Bonchev–Trinajstić information content (AvgIpc) is 3.23. The van der Waals surface area contributed by atoms with Gasteiger partial charge in [-0.2, -0.15) is 4.98 Å². The van der Waals surface area contributed by atoms with Crippen molar-refractivity contribution in [2.24, 2.45) is 0 Å². The number of thioether (sulfide) groups is 1. The summed E-state index contributed by atoms with van der Waals surface area (Å²) < 4.78 is 6.39. The van der Waals surface area contributed by atoms with Crippen LogP contribution >= 0.6 is 34.4 Å². The molecule has 0 radical (unpaired) electrons. The molecule has 0 saturated carbocycles. The normalized spacial score (nSPS) is 11.2. The highest BCUT2D eigenvalue weighted by Crippen LogP contribution is 2.31. The molecule has 0 aliphatic rings. The second-order valence-corrected chi connectivity index (χ2v) is 6.92. The lowest BCUT2D eigenvalue weighted by molar-refractivity contribution is 0.392. The predicted octanol–water partition coefficient (Wildman–Crippen LogP) is 4.10. The van der Waals surface area contributed by atoms with Gasteiger partial charge in [0, 0.05) is 0 Å². The maximum atomic E-state index is 5.29. The van der Waals surface area contributed by atoms with Gasteiger partial charge in [0.15, 0.2) is 0 Å². The Hall–Kier alpha value is -1.77. The van der Waals surface area contributed by atoms with Crippen molar-refractivity contribution in [2.75, 3.05) is 0 Å². The highest BCUT2D eigenvalue weighted by atomic mass is 32.2. The Labute approximate surface area is 132 Å². The van der Waals surface area contributed by atoms with Crippen molar-refractivity contribution in [3.63, 3.8) is 0 Å². The van der Waals surface area contributed by atoms with E-state index in [1.54, 1.807) is 40.8 Å². The monoisotopic (exact) mass is 332 g/mol. The Kier molecular flexibility index (Phi) is 3.42. The van der Waals surface area contributed by atoms with Crippen molar-refractivity contribution >= 4 is 44.7 Å². The molecule has 8 heteroatoms. The fourth-order valence-corrected chi connectivity index (χ4v) is 4.25. The van der Waals surface area contributed by atoms with Crippen molar-refractivity contribution < 1.29 is 4.52 Å². The van der Waals surface area contributed by atoms with Gasteiger partial charge in [0.1, 0.15) is 11.4 Å². The third-order valence-electron chi connectivity index (χ3n) is 2.75. The Balaban J connectivity index is 1.53. The van der Waals surface area contributed by atoms with E-state index in [0.29, 0.717) is 17.5 Å². The van der Waals surface area contributed by atoms with Crippen LogP contribution in [0, 0.1) is 0 Å². The van der Waals surface area contributed by atoms with Crippen LogP contribution in [0.15, 0.2) is 44.8 Å². The second-order valence-electron chi connectivity index (χ2n) is 4.09. The van der Waals surface area contributed by atoms with Gasteiger partial charge in [-0.15, -0.1) is 22.7 Å². The molecule has 4 aromatic heterocycles. The lowest BCUT2D eigenvalue weighted by Gasteiger charge is -1.98. The van der Waals surface area contributed by atoms with Gasteiger partial charge in [0.05, 0.1) is 20.8 Å². The van der Waals surface area contributed by atoms with Gasteiger partial charge in [-0.3, -0.25) is 0 Å². The van der Waals surface area contributed by atoms with Crippen LogP contribution in [0.2, 0.25) is 0 Å². The molecule has 5 nitrogen and oxygen atoms in total. The number of aromatic nitrogens is 4. The zero-order valence-corrected chi connectivity index (χ0v) is 13.0. The standard InChI is InChI=1S/C13H8N4OS3/c1-2-9(19-4-1)12-16-10(18-17-12)6-21-13-11-8(3-5-20-11)14-7-15-13/h1-5,7H,6H2. The van der Waals surface area contributed by atoms with E-state index in [1.165, 1.54) is 0 Å². The van der Waals surface area contributed by atoms with Crippen molar-refractivity contribution in [2.45, 2.75) is 10.8 Å². The molecule has 21 heavy (non-hydrogen) atoms. The first kappa shape index (κ1) is 12.9. The van der Waals surface area contributed by atoms with Crippen LogP contribution < -0.4 is 0 Å². The molecule has 104 valence electrons. The van der Waals surface area contributed by atoms with Gasteiger partial charge >= 0.3 is 0 Å². The molecule has 0 unspecified atom stereocenters. The second kappa shape index (κ2) is 5.55. The van der Waals surface area contributed by atoms with E-state index in [4.69, 9.17) is 4.52 Å². The van der Waals surface area contributed by atoms with Gasteiger partial charge < -0.3 is 4.52 Å². The molecule has 0 atom stereocenters. The van der Waals surface area contributed by atoms with E-state index in [0.717, 1.165) is 20.1 Å². The molecular formula is C13H8N4OS3. The maximum Gasteiger partial charge on any atom is 0.237 e. The van der Waals surface area contributed by atoms with E-state index in [2.05, 4.69) is 20.1 Å². The van der Waals surface area contributed by atoms with Crippen molar-refractivity contribution in [1.82, 2.24) is 20.1 Å². The molecule has 0 amide bonds. The lowest BCUT2D eigenvalue weighted by Crippen LogP contribution is -1.85. The molecule has 0 spiro atoms. The van der Waals surface area contributed by atoms with Gasteiger partial charge in [0.25, 0.3) is 0 Å². The Bertz CT molecular complexity index is 868. The van der Waals surface area contributed by atoms with Crippen LogP contribution in [0.1, 0.15) is 5.89 Å². The first-order valence-corrected chi connectivity index (χ1v) is 8.82. The van der Waals surface area contributed by atoms with E-state index < -0.39 is 0 Å². The van der Waals surface area contributed by atoms with Gasteiger partial charge in [0.2, 0.25) is 11.7 Å². The fourth-order valence-electron chi connectivity index (χ4n) is 1.82. The third kappa shape index (κ3) is 2.57. The summed E-state index contributed by atoms with van der Waals surface area (Å²) in [7, 11) is 0. The molecule has 4 aromatic rings. The summed E-state index contributed by atoms with van der Waals surface area (Å²) in [6.07, 6.45) is 1.59. The fraction of sp³-hybridized carbons (Fsp3) is 0.0769. The van der Waals surface area contributed by atoms with E-state index in [9.17, 15) is 0 Å². The molecule has 0 N–H and O–H groups in total. The Morgan fingerprint density at radius 3 is 3.05 bits per heavy atom. The van der Waals surface area contributed by atoms with Gasteiger partial charge in [-0.25, -0.2) is 9.97 Å². The summed E-state index contributed by atoms with van der Waals surface area (Å²) in [4.78, 5) is 14.0. The van der Waals surface area contributed by atoms with Crippen LogP contribution in [-0.4, -0.2) is 20.1 Å². The Morgan fingerprint density at radius 1 is 1.14 bits per heavy atom. The van der Waals surface area contributed by atoms with E-state index >= 15 is 0 Å². The minimum Gasteiger partial charge on any atom is -0.338 e. The summed E-state index contributed by atoms with van der Waals surface area (Å²) >= 11 is 4.82. The zero-order valence-electron chi connectivity index (χ0n) is 10.6. The predicted molar refractivity (Wildman–Crippen MR) is 84.6 cm³/mol. The highest BCUT2D eigenvalue weighted by molar-refractivity contribution is 7.98. The Morgan fingerprint density at radius 2 is 2.14 bits per heavy atom. The topological polar surface area (TPSA) is 64.7 Å². The van der Waals surface area contributed by atoms with Gasteiger partial charge in [-0.1, -0.05) is 23.0 Å². The number of rotatable bonds is 4. The quantitative estimate of drug-likeness (QED) is 0.414. The van der Waals surface area contributed by atoms with Crippen LogP contribution in [0.25, 0.3) is 20.9 Å². The molecule has 0 bridgehead atoms. The highest BCUT2D eigenvalue weighted by Gasteiger charge is 2.11. The number of nitrogens with zero attached hydrogens (tertiary/aromatic N) is 4. The molecule has 4 heterocycles. The number of thiophene rings is 2.